The molecule has 0 aliphatic carbocycles. The molecule has 1 N–H and O–H groups in total. The van der Waals surface area contributed by atoms with Crippen molar-refractivity contribution in [3.05, 3.63) is 169 Å². The van der Waals surface area contributed by atoms with Crippen LogP contribution in [0.25, 0.3) is 0 Å². The van der Waals surface area contributed by atoms with E-state index in [0.717, 1.165) is 35.1 Å². The molecule has 5 aromatic rings. The van der Waals surface area contributed by atoms with Crippen LogP contribution < -0.4 is 0 Å². The number of benzene rings is 5. The van der Waals surface area contributed by atoms with Gasteiger partial charge in [0, 0.05) is 5.92 Å². The van der Waals surface area contributed by atoms with E-state index >= 15 is 0 Å². The van der Waals surface area contributed by atoms with Gasteiger partial charge < -0.3 is 0 Å². The lowest BCUT2D eigenvalue weighted by Crippen LogP contribution is -2.16. The van der Waals surface area contributed by atoms with Crippen molar-refractivity contribution in [1.82, 2.24) is 0 Å². The summed E-state index contributed by atoms with van der Waals surface area (Å²) in [5.74, 6) is -0.395. The van der Waals surface area contributed by atoms with Crippen LogP contribution in [0.15, 0.2) is 102 Å². The monoisotopic (exact) mass is 672 g/mol. The lowest BCUT2D eigenvalue weighted by Gasteiger charge is -2.27. The SMILES string of the molecule is Cc1cc(Cc2c(C)cccc2C(C)(C)C)ccc1C(c1ccc(Cc2c(C)cccc2C(C)(C)C)cc1C)c1ccccc1S(=O)(=O)O. The van der Waals surface area contributed by atoms with Crippen LogP contribution in [0.5, 0.6) is 0 Å². The van der Waals surface area contributed by atoms with E-state index in [0.29, 0.717) is 5.56 Å². The highest BCUT2D eigenvalue weighted by Gasteiger charge is 2.28. The van der Waals surface area contributed by atoms with Gasteiger partial charge in [-0.1, -0.05) is 133 Å². The summed E-state index contributed by atoms with van der Waals surface area (Å²) < 4.78 is 35.9. The molecule has 0 saturated carbocycles. The van der Waals surface area contributed by atoms with Crippen molar-refractivity contribution in [3.8, 4) is 0 Å². The van der Waals surface area contributed by atoms with Gasteiger partial charge in [0.25, 0.3) is 10.1 Å². The third-order valence-corrected chi connectivity index (χ3v) is 10.9. The van der Waals surface area contributed by atoms with Gasteiger partial charge in [-0.3, -0.25) is 4.55 Å². The Hall–Kier alpha value is -3.99. The minimum atomic E-state index is -4.47. The molecule has 0 bridgehead atoms. The van der Waals surface area contributed by atoms with Gasteiger partial charge in [-0.2, -0.15) is 8.42 Å². The second-order valence-corrected chi connectivity index (χ2v) is 17.3. The molecule has 4 heteroatoms. The van der Waals surface area contributed by atoms with E-state index < -0.39 is 16.0 Å². The molecule has 0 aliphatic heterocycles. The first-order chi connectivity index (χ1) is 22.9. The van der Waals surface area contributed by atoms with E-state index in [1.807, 2.05) is 12.1 Å². The molecule has 256 valence electrons. The maximum Gasteiger partial charge on any atom is 0.294 e. The van der Waals surface area contributed by atoms with Crippen molar-refractivity contribution in [2.45, 2.75) is 104 Å². The minimum absolute atomic E-state index is 0.0259. The zero-order valence-corrected chi connectivity index (χ0v) is 31.7. The molecule has 5 aromatic carbocycles. The van der Waals surface area contributed by atoms with Crippen molar-refractivity contribution in [2.75, 3.05) is 0 Å². The summed E-state index contributed by atoms with van der Waals surface area (Å²) >= 11 is 0. The Morgan fingerprint density at radius 2 is 0.959 bits per heavy atom. The fraction of sp³-hybridized carbons (Fsp3) is 0.333. The Morgan fingerprint density at radius 3 is 1.35 bits per heavy atom. The quantitative estimate of drug-likeness (QED) is 0.132. The molecular formula is C45H52O3S. The lowest BCUT2D eigenvalue weighted by molar-refractivity contribution is 0.482. The molecule has 49 heavy (non-hydrogen) atoms. The van der Waals surface area contributed by atoms with Crippen LogP contribution >= 0.6 is 0 Å². The lowest BCUT2D eigenvalue weighted by atomic mass is 9.78. The van der Waals surface area contributed by atoms with Crippen molar-refractivity contribution in [2.24, 2.45) is 0 Å². The fourth-order valence-corrected chi connectivity index (χ4v) is 8.22. The zero-order valence-electron chi connectivity index (χ0n) is 30.9. The molecule has 0 amide bonds. The molecule has 3 nitrogen and oxygen atoms in total. The first-order valence-electron chi connectivity index (χ1n) is 17.3. The molecule has 0 aliphatic rings. The molecule has 0 atom stereocenters. The Morgan fingerprint density at radius 1 is 0.531 bits per heavy atom. The maximum absolute atomic E-state index is 12.8. The molecular weight excluding hydrogens is 621 g/mol. The third kappa shape index (κ3) is 7.92. The molecule has 0 heterocycles. The predicted molar refractivity (Wildman–Crippen MR) is 205 cm³/mol. The summed E-state index contributed by atoms with van der Waals surface area (Å²) in [6, 6.07) is 33.1. The number of rotatable bonds is 8. The van der Waals surface area contributed by atoms with Crippen LogP contribution in [0, 0.1) is 27.7 Å². The van der Waals surface area contributed by atoms with E-state index in [1.165, 1.54) is 50.6 Å². The minimum Gasteiger partial charge on any atom is -0.282 e. The Bertz CT molecular complexity index is 1990. The largest absolute Gasteiger partial charge is 0.294 e. The van der Waals surface area contributed by atoms with E-state index in [1.54, 1.807) is 6.07 Å². The Kier molecular flexibility index (Phi) is 10.2. The maximum atomic E-state index is 12.8. The van der Waals surface area contributed by atoms with Crippen molar-refractivity contribution >= 4 is 10.1 Å². The van der Waals surface area contributed by atoms with Crippen molar-refractivity contribution in [1.29, 1.82) is 0 Å². The Labute approximate surface area is 295 Å². The average Bonchev–Trinajstić information content (AvgIpc) is 3.00. The summed E-state index contributed by atoms with van der Waals surface area (Å²) in [6.45, 7) is 22.1. The summed E-state index contributed by atoms with van der Waals surface area (Å²) in [6.07, 6.45) is 1.63. The Balaban J connectivity index is 1.62. The number of hydrogen-bond acceptors (Lipinski definition) is 2. The molecule has 5 rings (SSSR count). The highest BCUT2D eigenvalue weighted by molar-refractivity contribution is 7.85. The molecule has 0 fully saturated rings. The second-order valence-electron chi connectivity index (χ2n) is 15.9. The standard InChI is InChI=1S/C45H52O3S/c1-29-15-13-18-40(44(5,6)7)38(29)27-33-21-23-35(31(3)25-33)43(37-17-11-12-20-42(37)49(46,47)48)36-24-22-34(26-32(36)4)28-39-30(2)16-14-19-41(39)45(8,9)10/h11-26,43H,27-28H2,1-10H3,(H,46,47,48). The van der Waals surface area contributed by atoms with Crippen LogP contribution in [-0.4, -0.2) is 13.0 Å². The van der Waals surface area contributed by atoms with E-state index in [2.05, 4.69) is 142 Å². The smallest absolute Gasteiger partial charge is 0.282 e. The molecule has 0 radical (unpaired) electrons. The predicted octanol–water partition coefficient (Wildman–Crippen LogP) is 11.1. The summed E-state index contributed by atoms with van der Waals surface area (Å²) in [5.41, 5.74) is 15.2. The van der Waals surface area contributed by atoms with Crippen LogP contribution in [0.4, 0.5) is 0 Å². The van der Waals surface area contributed by atoms with Gasteiger partial charge >= 0.3 is 0 Å². The van der Waals surface area contributed by atoms with Gasteiger partial charge in [-0.15, -0.1) is 0 Å². The van der Waals surface area contributed by atoms with Gasteiger partial charge in [-0.25, -0.2) is 0 Å². The molecule has 0 spiro atoms. The highest BCUT2D eigenvalue weighted by atomic mass is 32.2. The number of hydrogen-bond donors (Lipinski definition) is 1. The fourth-order valence-electron chi connectivity index (χ4n) is 7.49. The van der Waals surface area contributed by atoms with Crippen LogP contribution in [0.1, 0.15) is 120 Å². The van der Waals surface area contributed by atoms with Crippen LogP contribution in [-0.2, 0) is 33.8 Å². The topological polar surface area (TPSA) is 54.4 Å². The summed E-state index contributed by atoms with van der Waals surface area (Å²) in [4.78, 5) is -0.0589. The van der Waals surface area contributed by atoms with Crippen LogP contribution in [0.2, 0.25) is 0 Å². The van der Waals surface area contributed by atoms with Gasteiger partial charge in [0.15, 0.2) is 0 Å². The van der Waals surface area contributed by atoms with Gasteiger partial charge in [0.1, 0.15) is 0 Å². The summed E-state index contributed by atoms with van der Waals surface area (Å²) in [5, 5.41) is 0. The first-order valence-corrected chi connectivity index (χ1v) is 18.7. The molecule has 0 aromatic heterocycles. The van der Waals surface area contributed by atoms with E-state index in [9.17, 15) is 13.0 Å². The average molecular weight is 673 g/mol. The van der Waals surface area contributed by atoms with Gasteiger partial charge in [-0.05, 0) is 130 Å². The van der Waals surface area contributed by atoms with Crippen molar-refractivity contribution in [3.63, 3.8) is 0 Å². The summed E-state index contributed by atoms with van der Waals surface area (Å²) in [7, 11) is -4.47. The highest BCUT2D eigenvalue weighted by Crippen LogP contribution is 2.40. The van der Waals surface area contributed by atoms with E-state index in [-0.39, 0.29) is 15.7 Å². The van der Waals surface area contributed by atoms with Gasteiger partial charge in [0.2, 0.25) is 0 Å². The zero-order chi connectivity index (χ0) is 35.9. The molecule has 0 unspecified atom stereocenters. The van der Waals surface area contributed by atoms with Crippen molar-refractivity contribution < 1.29 is 13.0 Å². The van der Waals surface area contributed by atoms with Gasteiger partial charge in [0.05, 0.1) is 4.90 Å². The first kappa shape index (κ1) is 36.3. The number of aryl methyl sites for hydroxylation is 4. The normalized spacial score (nSPS) is 12.5. The molecule has 0 saturated heterocycles. The van der Waals surface area contributed by atoms with Crippen LogP contribution in [0.3, 0.4) is 0 Å². The second kappa shape index (κ2) is 13.7. The third-order valence-electron chi connectivity index (χ3n) is 10.00. The van der Waals surface area contributed by atoms with E-state index in [4.69, 9.17) is 0 Å².